The molecule has 1 aliphatic rings. The van der Waals surface area contributed by atoms with Gasteiger partial charge in [-0.05, 0) is 57.1 Å². The summed E-state index contributed by atoms with van der Waals surface area (Å²) in [6, 6.07) is 7.73. The van der Waals surface area contributed by atoms with Gasteiger partial charge in [-0.25, -0.2) is 0 Å². The highest BCUT2D eigenvalue weighted by Crippen LogP contribution is 2.20. The molecule has 1 aromatic carbocycles. The second kappa shape index (κ2) is 8.77. The quantitative estimate of drug-likeness (QED) is 0.773. The van der Waals surface area contributed by atoms with Crippen LogP contribution in [0.4, 0.5) is 0 Å². The zero-order valence-electron chi connectivity index (χ0n) is 14.5. The highest BCUT2D eigenvalue weighted by Gasteiger charge is 2.25. The van der Waals surface area contributed by atoms with Crippen LogP contribution in [-0.4, -0.2) is 62.7 Å². The summed E-state index contributed by atoms with van der Waals surface area (Å²) < 4.78 is 11.2. The van der Waals surface area contributed by atoms with Crippen molar-refractivity contribution in [2.45, 2.75) is 19.8 Å². The van der Waals surface area contributed by atoms with Gasteiger partial charge in [-0.15, -0.1) is 0 Å². The molecule has 2 rings (SSSR count). The Hall–Kier alpha value is -1.75. The lowest BCUT2D eigenvalue weighted by Gasteiger charge is -2.32. The highest BCUT2D eigenvalue weighted by atomic mass is 16.5. The van der Waals surface area contributed by atoms with E-state index in [2.05, 4.69) is 4.90 Å². The molecule has 0 aliphatic carbocycles. The molecule has 1 heterocycles. The Morgan fingerprint density at radius 3 is 2.22 bits per heavy atom. The van der Waals surface area contributed by atoms with Crippen molar-refractivity contribution in [3.05, 3.63) is 24.3 Å². The maximum atomic E-state index is 12.0. The zero-order valence-corrected chi connectivity index (χ0v) is 14.5. The lowest BCUT2D eigenvalue weighted by molar-refractivity contribution is -0.134. The normalized spacial score (nSPS) is 16.1. The fourth-order valence-corrected chi connectivity index (χ4v) is 2.86. The lowest BCUT2D eigenvalue weighted by Crippen LogP contribution is -2.41. The van der Waals surface area contributed by atoms with Crippen LogP contribution in [0.15, 0.2) is 24.3 Å². The smallest absolute Gasteiger partial charge is 0.225 e. The molecular formula is C18H28N2O3. The first kappa shape index (κ1) is 17.6. The first-order chi connectivity index (χ1) is 11.1. The molecule has 0 atom stereocenters. The molecule has 0 N–H and O–H groups in total. The van der Waals surface area contributed by atoms with Crippen molar-refractivity contribution in [1.29, 1.82) is 0 Å². The first-order valence-corrected chi connectivity index (χ1v) is 8.39. The summed E-state index contributed by atoms with van der Waals surface area (Å²) in [5, 5.41) is 0. The van der Waals surface area contributed by atoms with Crippen LogP contribution in [0.3, 0.4) is 0 Å². The number of hydrogen-bond donors (Lipinski definition) is 0. The number of hydrogen-bond acceptors (Lipinski definition) is 4. The predicted octanol–water partition coefficient (Wildman–Crippen LogP) is 2.26. The molecule has 0 radical (unpaired) electrons. The van der Waals surface area contributed by atoms with Crippen LogP contribution < -0.4 is 9.47 Å². The van der Waals surface area contributed by atoms with Crippen LogP contribution in [0, 0.1) is 5.92 Å². The Bertz CT molecular complexity index is 480. The number of nitrogens with zero attached hydrogens (tertiary/aromatic N) is 2. The van der Waals surface area contributed by atoms with E-state index < -0.39 is 0 Å². The Labute approximate surface area is 139 Å². The third-order valence-corrected chi connectivity index (χ3v) is 4.19. The average molecular weight is 320 g/mol. The average Bonchev–Trinajstić information content (AvgIpc) is 2.56. The Kier molecular flexibility index (Phi) is 6.71. The Morgan fingerprint density at radius 1 is 1.13 bits per heavy atom. The molecule has 1 amide bonds. The highest BCUT2D eigenvalue weighted by molar-refractivity contribution is 5.78. The fraction of sp³-hybridized carbons (Fsp3) is 0.611. The molecule has 5 nitrogen and oxygen atoms in total. The molecule has 0 spiro atoms. The van der Waals surface area contributed by atoms with E-state index >= 15 is 0 Å². The van der Waals surface area contributed by atoms with E-state index in [9.17, 15) is 4.79 Å². The van der Waals surface area contributed by atoms with E-state index in [4.69, 9.17) is 9.47 Å². The van der Waals surface area contributed by atoms with Crippen molar-refractivity contribution >= 4 is 5.91 Å². The third kappa shape index (κ3) is 5.43. The topological polar surface area (TPSA) is 42.0 Å². The van der Waals surface area contributed by atoms with Gasteiger partial charge >= 0.3 is 0 Å². The van der Waals surface area contributed by atoms with Gasteiger partial charge in [-0.1, -0.05) is 0 Å². The summed E-state index contributed by atoms with van der Waals surface area (Å²) >= 11 is 0. The van der Waals surface area contributed by atoms with E-state index in [0.29, 0.717) is 13.2 Å². The van der Waals surface area contributed by atoms with E-state index in [1.807, 2.05) is 45.3 Å². The molecule has 5 heteroatoms. The SMILES string of the molecule is CCOc1ccc(OCCN2CCC(C(=O)N(C)C)CC2)cc1. The van der Waals surface area contributed by atoms with Gasteiger partial charge in [-0.3, -0.25) is 9.69 Å². The monoisotopic (exact) mass is 320 g/mol. The molecule has 0 bridgehead atoms. The first-order valence-electron chi connectivity index (χ1n) is 8.39. The van der Waals surface area contributed by atoms with Crippen LogP contribution in [-0.2, 0) is 4.79 Å². The maximum Gasteiger partial charge on any atom is 0.225 e. The number of ether oxygens (including phenoxy) is 2. The van der Waals surface area contributed by atoms with Crippen LogP contribution in [0.25, 0.3) is 0 Å². The van der Waals surface area contributed by atoms with Gasteiger partial charge in [0.05, 0.1) is 6.61 Å². The Balaban J connectivity index is 1.66. The Morgan fingerprint density at radius 2 is 1.70 bits per heavy atom. The number of benzene rings is 1. The van der Waals surface area contributed by atoms with Gasteiger partial charge in [0.15, 0.2) is 0 Å². The molecule has 0 unspecified atom stereocenters. The fourth-order valence-electron chi connectivity index (χ4n) is 2.86. The van der Waals surface area contributed by atoms with Crippen LogP contribution in [0.2, 0.25) is 0 Å². The minimum atomic E-state index is 0.188. The third-order valence-electron chi connectivity index (χ3n) is 4.19. The molecule has 0 saturated carbocycles. The second-order valence-electron chi connectivity index (χ2n) is 6.10. The van der Waals surface area contributed by atoms with Gasteiger partial charge < -0.3 is 14.4 Å². The second-order valence-corrected chi connectivity index (χ2v) is 6.10. The van der Waals surface area contributed by atoms with Gasteiger partial charge in [0.1, 0.15) is 18.1 Å². The van der Waals surface area contributed by atoms with Gasteiger partial charge in [-0.2, -0.15) is 0 Å². The lowest BCUT2D eigenvalue weighted by atomic mass is 9.95. The van der Waals surface area contributed by atoms with Crippen LogP contribution in [0.1, 0.15) is 19.8 Å². The molecule has 1 fully saturated rings. The number of amides is 1. The summed E-state index contributed by atoms with van der Waals surface area (Å²) in [6.07, 6.45) is 1.89. The summed E-state index contributed by atoms with van der Waals surface area (Å²) in [4.78, 5) is 16.0. The van der Waals surface area contributed by atoms with E-state index in [0.717, 1.165) is 44.0 Å². The van der Waals surface area contributed by atoms with Crippen LogP contribution in [0.5, 0.6) is 11.5 Å². The molecule has 0 aromatic heterocycles. The summed E-state index contributed by atoms with van der Waals surface area (Å²) in [5.41, 5.74) is 0. The number of rotatable bonds is 7. The van der Waals surface area contributed by atoms with Gasteiger partial charge in [0.25, 0.3) is 0 Å². The largest absolute Gasteiger partial charge is 0.494 e. The molecule has 1 saturated heterocycles. The summed E-state index contributed by atoms with van der Waals surface area (Å²) in [5.74, 6) is 2.18. The minimum Gasteiger partial charge on any atom is -0.494 e. The van der Waals surface area contributed by atoms with Gasteiger partial charge in [0, 0.05) is 26.6 Å². The number of carbonyl (C=O) groups is 1. The number of likely N-dealkylation sites (tertiary alicyclic amines) is 1. The van der Waals surface area contributed by atoms with Crippen molar-refractivity contribution in [3.63, 3.8) is 0 Å². The van der Waals surface area contributed by atoms with Crippen molar-refractivity contribution in [2.24, 2.45) is 5.92 Å². The van der Waals surface area contributed by atoms with Crippen molar-refractivity contribution in [3.8, 4) is 11.5 Å². The van der Waals surface area contributed by atoms with Gasteiger partial charge in [0.2, 0.25) is 5.91 Å². The van der Waals surface area contributed by atoms with E-state index in [1.165, 1.54) is 0 Å². The molecule has 1 aliphatic heterocycles. The molecule has 23 heavy (non-hydrogen) atoms. The minimum absolute atomic E-state index is 0.188. The molecule has 128 valence electrons. The van der Waals surface area contributed by atoms with Crippen molar-refractivity contribution in [1.82, 2.24) is 9.80 Å². The predicted molar refractivity (Wildman–Crippen MR) is 91.0 cm³/mol. The van der Waals surface area contributed by atoms with Crippen molar-refractivity contribution < 1.29 is 14.3 Å². The van der Waals surface area contributed by atoms with Crippen molar-refractivity contribution in [2.75, 3.05) is 46.9 Å². The summed E-state index contributed by atoms with van der Waals surface area (Å²) in [6.45, 7) is 6.15. The standard InChI is InChI=1S/C18H28N2O3/c1-4-22-16-5-7-17(8-6-16)23-14-13-20-11-9-15(10-12-20)18(21)19(2)3/h5-8,15H,4,9-14H2,1-3H3. The van der Waals surface area contributed by atoms with E-state index in [-0.39, 0.29) is 11.8 Å². The molecule has 1 aromatic rings. The molecular weight excluding hydrogens is 292 g/mol. The number of piperidine rings is 1. The maximum absolute atomic E-state index is 12.0. The zero-order chi connectivity index (χ0) is 16.7. The van der Waals surface area contributed by atoms with E-state index in [1.54, 1.807) is 4.90 Å². The number of carbonyl (C=O) groups excluding carboxylic acids is 1. The van der Waals surface area contributed by atoms with Crippen LogP contribution >= 0.6 is 0 Å². The summed E-state index contributed by atoms with van der Waals surface area (Å²) in [7, 11) is 3.67.